The molecule has 8 heterocycles. The normalized spacial score (nSPS) is 11.7. The van der Waals surface area contributed by atoms with Crippen molar-refractivity contribution in [3.63, 3.8) is 0 Å². The molecule has 11 rings (SSSR count). The number of anilines is 3. The van der Waals surface area contributed by atoms with Gasteiger partial charge in [-0.3, -0.25) is 0 Å². The van der Waals surface area contributed by atoms with Gasteiger partial charge in [0.2, 0.25) is 0 Å². The van der Waals surface area contributed by atoms with E-state index in [1.807, 2.05) is 163 Å². The van der Waals surface area contributed by atoms with E-state index in [0.29, 0.717) is 5.82 Å². The van der Waals surface area contributed by atoms with Crippen LogP contribution in [0.4, 0.5) is 33.6 Å². The van der Waals surface area contributed by atoms with E-state index in [2.05, 4.69) is 65.4 Å². The maximum absolute atomic E-state index is 12.1. The largest absolute Gasteiger partial charge is 0.444 e. The van der Waals surface area contributed by atoms with Crippen LogP contribution in [0.1, 0.15) is 83.8 Å². The van der Waals surface area contributed by atoms with Crippen LogP contribution < -0.4 is 27.8 Å². The Balaban J connectivity index is 0.000000183. The summed E-state index contributed by atoms with van der Waals surface area (Å²) in [5, 5.41) is 20.2. The minimum absolute atomic E-state index is 0. The molecule has 0 saturated carbocycles. The Bertz CT molecular complexity index is 3970. The molecule has 0 aliphatic carbocycles. The van der Waals surface area contributed by atoms with E-state index in [1.54, 1.807) is 38.3 Å². The number of alkyl carbamates (subject to hydrolysis) is 1. The van der Waals surface area contributed by atoms with Crippen LogP contribution in [0.2, 0.25) is 5.15 Å². The number of ether oxygens (including phenoxy) is 1. The van der Waals surface area contributed by atoms with Crippen LogP contribution in [0, 0.1) is 13.1 Å². The quantitative estimate of drug-likeness (QED) is 0.0663. The van der Waals surface area contributed by atoms with Crippen molar-refractivity contribution in [3.05, 3.63) is 204 Å². The highest BCUT2D eigenvalue weighted by atomic mass is 35.5. The number of imidazole rings is 3. The summed E-state index contributed by atoms with van der Waals surface area (Å²) in [4.78, 5) is 46.7. The number of nitrogen functional groups attached to an aromatic ring is 2. The molecule has 0 aliphatic rings. The smallest absolute Gasteiger partial charge is 0.408 e. The number of carbonyl (C=O) groups excluding carboxylic acids is 1. The van der Waals surface area contributed by atoms with Gasteiger partial charge in [0.25, 0.3) is 11.4 Å². The number of hydrogen-bond acceptors (Lipinski definition) is 16. The molecule has 3 atom stereocenters. The fraction of sp³-hybridized carbons (Fsp3) is 0.190. The van der Waals surface area contributed by atoms with Crippen molar-refractivity contribution in [1.29, 1.82) is 0 Å². The first-order chi connectivity index (χ1) is 38.5. The van der Waals surface area contributed by atoms with E-state index in [0.717, 1.165) is 67.4 Å². The number of amides is 1. The van der Waals surface area contributed by atoms with Gasteiger partial charge in [0.05, 0.1) is 42.3 Å². The number of nitrogens with zero attached hydrogens (tertiary/aromatic N) is 15. The molecule has 3 unspecified atom stereocenters. The van der Waals surface area contributed by atoms with Gasteiger partial charge in [-0.15, -0.1) is 12.4 Å². The van der Waals surface area contributed by atoms with E-state index in [9.17, 15) is 4.79 Å². The number of fused-ring (bicyclic) bond motifs is 3. The van der Waals surface area contributed by atoms with E-state index in [-0.39, 0.29) is 66.1 Å². The van der Waals surface area contributed by atoms with E-state index in [4.69, 9.17) is 51.8 Å². The predicted octanol–water partition coefficient (Wildman–Crippen LogP) is 12.2. The summed E-state index contributed by atoms with van der Waals surface area (Å²) in [6, 6.07) is 35.2. The van der Waals surface area contributed by atoms with Crippen LogP contribution in [0.3, 0.4) is 0 Å². The van der Waals surface area contributed by atoms with Gasteiger partial charge in [0, 0.05) is 76.6 Å². The minimum atomic E-state index is -0.544. The van der Waals surface area contributed by atoms with Crippen molar-refractivity contribution in [2.24, 2.45) is 5.73 Å². The zero-order valence-electron chi connectivity index (χ0n) is 44.8. The van der Waals surface area contributed by atoms with Gasteiger partial charge in [0.15, 0.2) is 16.9 Å². The second-order valence-electron chi connectivity index (χ2n) is 18.7. The third-order valence-corrected chi connectivity index (χ3v) is 12.1. The number of nitrogens with one attached hydrogen (secondary N) is 2. The first-order valence-electron chi connectivity index (χ1n) is 24.8. The van der Waals surface area contributed by atoms with Crippen molar-refractivity contribution >= 4 is 75.9 Å². The highest BCUT2D eigenvalue weighted by Gasteiger charge is 2.23. The summed E-state index contributed by atoms with van der Waals surface area (Å²) in [5.41, 5.74) is 27.6. The standard InChI is InChI=1S/C19H16N8.C19H22N4O2.C14H14N4.C5H3ClN4.CH4.ClH/c1-12(25-19-17(21-2)18(20)23-11-24-19)14-10-15-22-8-9-27(15)26-16(14)13-6-4-3-5-7-13;1-13(21-18(24)25-19(2,3)4)15-12-16-20-10-11-23(16)22-17(15)14-8-6-5-7-9-14;1-10(15)12-9-13-16-7-8-18(13)17-14(12)11-5-3-2-4-6-11;1-8-3-4(6)9-2-10-5(3)7;;/h3-12H,1H3,(H3,20,23,24,25);5-13H,1-4H3,(H,21,24);2-10H,15H2,1H3;2H,(H2,7,9,10);1H4;1H. The number of rotatable bonds is 9. The molecule has 3 aromatic carbocycles. The number of hydrogen-bond donors (Lipinski definition) is 5. The predicted molar refractivity (Wildman–Crippen MR) is 322 cm³/mol. The van der Waals surface area contributed by atoms with Gasteiger partial charge in [-0.05, 0) is 59.7 Å². The maximum Gasteiger partial charge on any atom is 0.408 e. The Hall–Kier alpha value is -10.1. The van der Waals surface area contributed by atoms with Gasteiger partial charge >= 0.3 is 6.09 Å². The summed E-state index contributed by atoms with van der Waals surface area (Å²) < 4.78 is 10.6. The second kappa shape index (κ2) is 27.6. The highest BCUT2D eigenvalue weighted by Crippen LogP contribution is 2.34. The van der Waals surface area contributed by atoms with Gasteiger partial charge in [-0.1, -0.05) is 110 Å². The van der Waals surface area contributed by atoms with Crippen LogP contribution in [0.25, 0.3) is 60.4 Å². The van der Waals surface area contributed by atoms with Crippen molar-refractivity contribution in [3.8, 4) is 33.8 Å². The van der Waals surface area contributed by atoms with E-state index < -0.39 is 11.7 Å². The van der Waals surface area contributed by atoms with Crippen LogP contribution in [-0.4, -0.2) is 75.4 Å². The molecule has 0 bridgehead atoms. The van der Waals surface area contributed by atoms with Gasteiger partial charge in [-0.2, -0.15) is 15.3 Å². The molecule has 0 fully saturated rings. The van der Waals surface area contributed by atoms with E-state index >= 15 is 0 Å². The summed E-state index contributed by atoms with van der Waals surface area (Å²) >= 11 is 5.48. The zero-order chi connectivity index (χ0) is 56.9. The number of nitrogens with two attached hydrogens (primary N) is 3. The van der Waals surface area contributed by atoms with Crippen LogP contribution in [0.5, 0.6) is 0 Å². The molecule has 0 radical (unpaired) electrons. The molecule has 8 N–H and O–H groups in total. The first kappa shape index (κ1) is 61.1. The van der Waals surface area contributed by atoms with Crippen molar-refractivity contribution in [2.75, 3.05) is 16.8 Å². The molecule has 1 amide bonds. The SMILES string of the molecule is C.CC(N)c1cc2nccn2nc1-c1ccccc1.CC(NC(=O)OC(C)(C)C)c1cc2nccn2nc1-c1ccccc1.Cl.[C-]#[N+]c1c(N)ncnc1Cl.[C-]#[N+]c1c(N)ncnc1NC(C)c1cc2nccn2nc1-c1ccccc1. The van der Waals surface area contributed by atoms with Crippen molar-refractivity contribution in [2.45, 2.75) is 72.7 Å². The van der Waals surface area contributed by atoms with Gasteiger partial charge < -0.3 is 32.6 Å². The second-order valence-corrected chi connectivity index (χ2v) is 19.1. The number of benzene rings is 3. The van der Waals surface area contributed by atoms with Crippen molar-refractivity contribution in [1.82, 2.24) is 69.0 Å². The molecule has 0 aliphatic heterocycles. The maximum atomic E-state index is 12.1. The Morgan fingerprint density at radius 2 is 0.988 bits per heavy atom. The summed E-state index contributed by atoms with van der Waals surface area (Å²) in [6.45, 7) is 25.3. The molecular weight excluding hydrogens is 1080 g/mol. The fourth-order valence-electron chi connectivity index (χ4n) is 8.00. The molecule has 82 heavy (non-hydrogen) atoms. The number of halogens is 2. The molecule has 0 spiro atoms. The third kappa shape index (κ3) is 15.0. The lowest BCUT2D eigenvalue weighted by Crippen LogP contribution is -2.34. The zero-order valence-corrected chi connectivity index (χ0v) is 46.4. The molecule has 0 saturated heterocycles. The van der Waals surface area contributed by atoms with E-state index in [1.165, 1.54) is 12.7 Å². The average molecular weight is 1140 g/mol. The molecule has 8 aromatic heterocycles. The number of carbonyl (C=O) groups is 1. The molecule has 22 nitrogen and oxygen atoms in total. The Kier molecular flexibility index (Phi) is 20.6. The van der Waals surface area contributed by atoms with Crippen LogP contribution in [0.15, 0.2) is 159 Å². The fourth-order valence-corrected chi connectivity index (χ4v) is 8.19. The third-order valence-electron chi connectivity index (χ3n) is 11.8. The van der Waals surface area contributed by atoms with Crippen LogP contribution in [-0.2, 0) is 4.74 Å². The number of aromatic nitrogens is 13. The highest BCUT2D eigenvalue weighted by molar-refractivity contribution is 6.32. The van der Waals surface area contributed by atoms with Gasteiger partial charge in [0.1, 0.15) is 40.9 Å². The molecule has 24 heteroatoms. The lowest BCUT2D eigenvalue weighted by molar-refractivity contribution is 0.0508. The minimum Gasteiger partial charge on any atom is -0.444 e. The molecular formula is C58H60Cl2N20O2. The molecule has 418 valence electrons. The summed E-state index contributed by atoms with van der Waals surface area (Å²) in [5.74, 6) is 0.669. The first-order valence-corrected chi connectivity index (χ1v) is 25.2. The Labute approximate surface area is 484 Å². The Morgan fingerprint density at radius 3 is 1.38 bits per heavy atom. The molecule has 11 aromatic rings. The Morgan fingerprint density at radius 1 is 0.598 bits per heavy atom. The lowest BCUT2D eigenvalue weighted by Gasteiger charge is -2.23. The monoisotopic (exact) mass is 1140 g/mol. The van der Waals surface area contributed by atoms with Crippen LogP contribution >= 0.6 is 24.0 Å². The summed E-state index contributed by atoms with van der Waals surface area (Å²) in [7, 11) is 0. The summed E-state index contributed by atoms with van der Waals surface area (Å²) in [6.07, 6.45) is 12.7. The van der Waals surface area contributed by atoms with Gasteiger partial charge in [-0.25, -0.2) is 62.9 Å². The van der Waals surface area contributed by atoms with Crippen molar-refractivity contribution < 1.29 is 9.53 Å². The average Bonchev–Trinajstić information content (AvgIpc) is 4.20. The topological polar surface area (TPSA) is 279 Å². The lowest BCUT2D eigenvalue weighted by atomic mass is 10.0.